The van der Waals surface area contributed by atoms with E-state index in [-0.39, 0.29) is 22.6 Å². The van der Waals surface area contributed by atoms with Gasteiger partial charge < -0.3 is 10.1 Å². The summed E-state index contributed by atoms with van der Waals surface area (Å²) in [6, 6.07) is 19.6. The van der Waals surface area contributed by atoms with Crippen LogP contribution in [0.5, 0.6) is 0 Å². The molecule has 0 saturated heterocycles. The van der Waals surface area contributed by atoms with E-state index in [0.717, 1.165) is 5.56 Å². The molecule has 1 atom stereocenters. The molecule has 0 aromatic heterocycles. The van der Waals surface area contributed by atoms with Gasteiger partial charge >= 0.3 is 5.97 Å². The van der Waals surface area contributed by atoms with Gasteiger partial charge in [0, 0.05) is 11.3 Å². The monoisotopic (exact) mass is 428 g/mol. The molecule has 0 fully saturated rings. The summed E-state index contributed by atoms with van der Waals surface area (Å²) < 4.78 is 4.69. The van der Waals surface area contributed by atoms with Crippen LogP contribution in [0.25, 0.3) is 0 Å². The van der Waals surface area contributed by atoms with Crippen molar-refractivity contribution in [3.63, 3.8) is 0 Å². The number of ether oxygens (including phenoxy) is 1. The third-order valence-corrected chi connectivity index (χ3v) is 5.39. The van der Waals surface area contributed by atoms with Crippen molar-refractivity contribution in [3.05, 3.63) is 101 Å². The number of methoxy groups -OCH3 is 1. The van der Waals surface area contributed by atoms with Gasteiger partial charge in [-0.25, -0.2) is 4.79 Å². The summed E-state index contributed by atoms with van der Waals surface area (Å²) in [5.74, 6) is -1.82. The van der Waals surface area contributed by atoms with Crippen LogP contribution < -0.4 is 5.32 Å². The lowest BCUT2D eigenvalue weighted by molar-refractivity contribution is 0.0586. The first-order valence-corrected chi connectivity index (χ1v) is 9.97. The molecule has 3 aromatic rings. The fraction of sp³-hybridized carbons (Fsp3) is 0.120. The first-order valence-electron chi connectivity index (χ1n) is 9.97. The molecule has 0 aliphatic carbocycles. The fourth-order valence-corrected chi connectivity index (χ4v) is 3.68. The number of esters is 1. The van der Waals surface area contributed by atoms with Crippen LogP contribution in [0.1, 0.15) is 60.0 Å². The Balaban J connectivity index is 1.57. The van der Waals surface area contributed by atoms with E-state index in [9.17, 15) is 19.2 Å². The number of imide groups is 1. The zero-order valence-electron chi connectivity index (χ0n) is 17.5. The maximum Gasteiger partial charge on any atom is 0.337 e. The van der Waals surface area contributed by atoms with Crippen molar-refractivity contribution in [2.45, 2.75) is 13.0 Å². The van der Waals surface area contributed by atoms with Crippen LogP contribution >= 0.6 is 0 Å². The molecule has 0 bridgehead atoms. The number of hydrogen-bond donors (Lipinski definition) is 1. The lowest BCUT2D eigenvalue weighted by Crippen LogP contribution is -2.32. The summed E-state index contributed by atoms with van der Waals surface area (Å²) >= 11 is 0. The Labute approximate surface area is 184 Å². The van der Waals surface area contributed by atoms with Gasteiger partial charge in [0.25, 0.3) is 17.7 Å². The topological polar surface area (TPSA) is 92.8 Å². The van der Waals surface area contributed by atoms with Gasteiger partial charge in [0.2, 0.25) is 0 Å². The van der Waals surface area contributed by atoms with Gasteiger partial charge in [-0.15, -0.1) is 0 Å². The number of fused-ring (bicyclic) bond motifs is 1. The van der Waals surface area contributed by atoms with Crippen molar-refractivity contribution in [3.8, 4) is 0 Å². The van der Waals surface area contributed by atoms with E-state index in [1.807, 2.05) is 30.3 Å². The van der Waals surface area contributed by atoms with Gasteiger partial charge in [0.1, 0.15) is 0 Å². The second-order valence-electron chi connectivity index (χ2n) is 7.35. The molecule has 3 aromatic carbocycles. The minimum atomic E-state index is -0.518. The van der Waals surface area contributed by atoms with Crippen molar-refractivity contribution in [2.24, 2.45) is 0 Å². The highest BCUT2D eigenvalue weighted by molar-refractivity contribution is 6.22. The normalized spacial score (nSPS) is 13.5. The molecular weight excluding hydrogens is 408 g/mol. The molecule has 0 saturated carbocycles. The molecule has 3 amide bonds. The van der Waals surface area contributed by atoms with E-state index in [2.05, 4.69) is 10.1 Å². The second-order valence-corrected chi connectivity index (χ2v) is 7.35. The van der Waals surface area contributed by atoms with Crippen molar-refractivity contribution in [1.29, 1.82) is 0 Å². The number of hydrogen-bond acceptors (Lipinski definition) is 5. The lowest BCUT2D eigenvalue weighted by Gasteiger charge is -2.22. The van der Waals surface area contributed by atoms with E-state index in [1.165, 1.54) is 36.3 Å². The number of carbonyl (C=O) groups excluding carboxylic acids is 4. The van der Waals surface area contributed by atoms with Gasteiger partial charge in [-0.1, -0.05) is 36.4 Å². The van der Waals surface area contributed by atoms with Gasteiger partial charge in [-0.3, -0.25) is 19.3 Å². The van der Waals surface area contributed by atoms with Crippen molar-refractivity contribution in [2.75, 3.05) is 12.4 Å². The molecule has 0 spiro atoms. The van der Waals surface area contributed by atoms with Crippen LogP contribution in [-0.4, -0.2) is 35.7 Å². The Morgan fingerprint density at radius 1 is 0.844 bits per heavy atom. The third-order valence-electron chi connectivity index (χ3n) is 5.39. The summed E-state index contributed by atoms with van der Waals surface area (Å²) in [6.07, 6.45) is 0. The van der Waals surface area contributed by atoms with Crippen molar-refractivity contribution in [1.82, 2.24) is 4.90 Å². The number of anilines is 1. The molecule has 7 nitrogen and oxygen atoms in total. The quantitative estimate of drug-likeness (QED) is 0.488. The average Bonchev–Trinajstić information content (AvgIpc) is 3.08. The predicted octanol–water partition coefficient (Wildman–Crippen LogP) is 4.08. The molecule has 7 heteroatoms. The van der Waals surface area contributed by atoms with E-state index >= 15 is 0 Å². The highest BCUT2D eigenvalue weighted by Gasteiger charge is 2.39. The summed E-state index contributed by atoms with van der Waals surface area (Å²) in [4.78, 5) is 51.6. The molecule has 160 valence electrons. The van der Waals surface area contributed by atoms with Crippen LogP contribution in [0, 0.1) is 0 Å². The Morgan fingerprint density at radius 3 is 2.28 bits per heavy atom. The molecule has 1 heterocycles. The largest absolute Gasteiger partial charge is 0.465 e. The molecule has 4 rings (SSSR count). The first-order chi connectivity index (χ1) is 15.4. The van der Waals surface area contributed by atoms with E-state index < -0.39 is 23.8 Å². The van der Waals surface area contributed by atoms with Gasteiger partial charge in [0.05, 0.1) is 29.8 Å². The first kappa shape index (κ1) is 21.0. The minimum absolute atomic E-state index is 0.189. The van der Waals surface area contributed by atoms with Crippen LogP contribution in [0.2, 0.25) is 0 Å². The highest BCUT2D eigenvalue weighted by Crippen LogP contribution is 2.31. The summed E-state index contributed by atoms with van der Waals surface area (Å²) in [5, 5.41) is 2.70. The van der Waals surface area contributed by atoms with Crippen molar-refractivity contribution >= 4 is 29.4 Å². The fourth-order valence-electron chi connectivity index (χ4n) is 3.68. The molecular formula is C25H20N2O5. The third kappa shape index (κ3) is 3.76. The highest BCUT2D eigenvalue weighted by atomic mass is 16.5. The van der Waals surface area contributed by atoms with Crippen molar-refractivity contribution < 1.29 is 23.9 Å². The zero-order valence-corrected chi connectivity index (χ0v) is 17.5. The summed E-state index contributed by atoms with van der Waals surface area (Å²) in [5.41, 5.74) is 2.22. The molecule has 32 heavy (non-hydrogen) atoms. The summed E-state index contributed by atoms with van der Waals surface area (Å²) in [6.45, 7) is 1.79. The Kier molecular flexibility index (Phi) is 5.55. The lowest BCUT2D eigenvalue weighted by atomic mass is 10.1. The van der Waals surface area contributed by atoms with Gasteiger partial charge in [-0.2, -0.15) is 0 Å². The van der Waals surface area contributed by atoms with E-state index in [0.29, 0.717) is 11.3 Å². The van der Waals surface area contributed by atoms with Crippen LogP contribution in [0.15, 0.2) is 72.8 Å². The standard InChI is InChI=1S/C25H20N2O5/c1-15(16-7-4-3-5-8-16)27-23(29)20-12-11-17(14-21(20)24(27)30)22(28)26-19-10-6-9-18(13-19)25(31)32-2/h3-15H,1-2H3,(H,26,28). The number of nitrogens with one attached hydrogen (secondary N) is 1. The van der Waals surface area contributed by atoms with Gasteiger partial charge in [-0.05, 0) is 48.9 Å². The number of amides is 3. The molecule has 1 N–H and O–H groups in total. The van der Waals surface area contributed by atoms with Crippen LogP contribution in [0.3, 0.4) is 0 Å². The maximum atomic E-state index is 13.0. The predicted molar refractivity (Wildman–Crippen MR) is 118 cm³/mol. The Bertz CT molecular complexity index is 1240. The van der Waals surface area contributed by atoms with E-state index in [1.54, 1.807) is 25.1 Å². The minimum Gasteiger partial charge on any atom is -0.465 e. The maximum absolute atomic E-state index is 13.0. The number of carbonyl (C=O) groups is 4. The smallest absolute Gasteiger partial charge is 0.337 e. The Morgan fingerprint density at radius 2 is 1.56 bits per heavy atom. The molecule has 1 aliphatic rings. The van der Waals surface area contributed by atoms with Crippen LogP contribution in [0.4, 0.5) is 5.69 Å². The molecule has 1 aliphatic heterocycles. The number of nitrogens with zero attached hydrogens (tertiary/aromatic N) is 1. The van der Waals surface area contributed by atoms with Crippen LogP contribution in [-0.2, 0) is 4.74 Å². The number of benzene rings is 3. The van der Waals surface area contributed by atoms with E-state index in [4.69, 9.17) is 0 Å². The molecule has 1 unspecified atom stereocenters. The molecule has 0 radical (unpaired) electrons. The zero-order chi connectivity index (χ0) is 22.8. The van der Waals surface area contributed by atoms with Gasteiger partial charge in [0.15, 0.2) is 0 Å². The Hall–Kier alpha value is -4.26. The second kappa shape index (κ2) is 8.47. The SMILES string of the molecule is COC(=O)c1cccc(NC(=O)c2ccc3c(c2)C(=O)N(C(C)c2ccccc2)C3=O)c1. The summed E-state index contributed by atoms with van der Waals surface area (Å²) in [7, 11) is 1.28. The number of rotatable bonds is 5. The average molecular weight is 428 g/mol.